The lowest BCUT2D eigenvalue weighted by molar-refractivity contribution is -0.116. The van der Waals surface area contributed by atoms with E-state index in [2.05, 4.69) is 15.6 Å². The molecule has 30 heavy (non-hydrogen) atoms. The Labute approximate surface area is 179 Å². The van der Waals surface area contributed by atoms with Crippen LogP contribution < -0.4 is 5.32 Å². The van der Waals surface area contributed by atoms with E-state index in [1.165, 1.54) is 4.31 Å². The molecule has 2 aromatic carbocycles. The van der Waals surface area contributed by atoms with Crippen molar-refractivity contribution in [3.8, 4) is 0 Å². The van der Waals surface area contributed by atoms with Crippen LogP contribution in [0.5, 0.6) is 0 Å². The lowest BCUT2D eigenvalue weighted by atomic mass is 10.2. The monoisotopic (exact) mass is 447 g/mol. The number of hydrogen-bond donors (Lipinski definition) is 1. The molecule has 0 unspecified atom stereocenters. The zero-order valence-electron chi connectivity index (χ0n) is 16.5. The fourth-order valence-electron chi connectivity index (χ4n) is 3.52. The van der Waals surface area contributed by atoms with Crippen molar-refractivity contribution in [3.05, 3.63) is 47.0 Å². The Kier molecular flexibility index (Phi) is 5.77. The van der Waals surface area contributed by atoms with Crippen LogP contribution in [0.15, 0.2) is 41.3 Å². The SMILES string of the molecule is Cc1c(Cl)cccc1NC(=O)CCn1nnc2cc(S(=O)(=O)N3CCCC3)ccc21. The van der Waals surface area contributed by atoms with Gasteiger partial charge < -0.3 is 5.32 Å². The van der Waals surface area contributed by atoms with Gasteiger partial charge >= 0.3 is 0 Å². The molecule has 0 aliphatic carbocycles. The number of nitrogens with zero attached hydrogens (tertiary/aromatic N) is 4. The number of hydrogen-bond acceptors (Lipinski definition) is 5. The van der Waals surface area contributed by atoms with Crippen LogP contribution in [-0.4, -0.2) is 46.7 Å². The summed E-state index contributed by atoms with van der Waals surface area (Å²) in [6.07, 6.45) is 1.96. The molecule has 0 spiro atoms. The Morgan fingerprint density at radius 1 is 1.20 bits per heavy atom. The van der Waals surface area contributed by atoms with Gasteiger partial charge in [0.2, 0.25) is 15.9 Å². The van der Waals surface area contributed by atoms with Gasteiger partial charge in [-0.2, -0.15) is 4.31 Å². The molecule has 8 nitrogen and oxygen atoms in total. The topological polar surface area (TPSA) is 97.2 Å². The van der Waals surface area contributed by atoms with E-state index in [-0.39, 0.29) is 17.2 Å². The molecule has 10 heteroatoms. The highest BCUT2D eigenvalue weighted by Gasteiger charge is 2.27. The maximum Gasteiger partial charge on any atom is 0.243 e. The number of carbonyl (C=O) groups is 1. The van der Waals surface area contributed by atoms with Crippen molar-refractivity contribution in [2.45, 2.75) is 37.6 Å². The molecule has 1 fully saturated rings. The summed E-state index contributed by atoms with van der Waals surface area (Å²) >= 11 is 6.09. The number of aryl methyl sites for hydroxylation is 1. The summed E-state index contributed by atoms with van der Waals surface area (Å²) in [6, 6.07) is 10.2. The van der Waals surface area contributed by atoms with Crippen LogP contribution in [0.25, 0.3) is 11.0 Å². The van der Waals surface area contributed by atoms with Gasteiger partial charge in [-0.15, -0.1) is 5.10 Å². The summed E-state index contributed by atoms with van der Waals surface area (Å²) in [4.78, 5) is 12.6. The first-order valence-corrected chi connectivity index (χ1v) is 11.6. The molecule has 1 saturated heterocycles. The van der Waals surface area contributed by atoms with E-state index < -0.39 is 10.0 Å². The number of carbonyl (C=O) groups excluding carboxylic acids is 1. The first-order valence-electron chi connectivity index (χ1n) is 9.74. The van der Waals surface area contributed by atoms with Crippen LogP contribution in [0.4, 0.5) is 5.69 Å². The third-order valence-corrected chi connectivity index (χ3v) is 7.58. The summed E-state index contributed by atoms with van der Waals surface area (Å²) in [7, 11) is -3.51. The number of aromatic nitrogens is 3. The highest BCUT2D eigenvalue weighted by molar-refractivity contribution is 7.89. The molecule has 0 atom stereocenters. The number of anilines is 1. The first-order chi connectivity index (χ1) is 14.4. The second-order valence-corrected chi connectivity index (χ2v) is 9.63. The zero-order chi connectivity index (χ0) is 21.3. The van der Waals surface area contributed by atoms with Crippen LogP contribution in [0.3, 0.4) is 0 Å². The number of fused-ring (bicyclic) bond motifs is 1. The molecule has 3 aromatic rings. The van der Waals surface area contributed by atoms with E-state index in [0.717, 1.165) is 18.4 Å². The molecule has 0 saturated carbocycles. The molecule has 0 radical (unpaired) electrons. The van der Waals surface area contributed by atoms with E-state index in [4.69, 9.17) is 11.6 Å². The van der Waals surface area contributed by atoms with Gasteiger partial charge in [0, 0.05) is 30.2 Å². The quantitative estimate of drug-likeness (QED) is 0.625. The van der Waals surface area contributed by atoms with Gasteiger partial charge in [-0.3, -0.25) is 4.79 Å². The molecular formula is C20H22ClN5O3S. The van der Waals surface area contributed by atoms with Crippen molar-refractivity contribution >= 4 is 44.3 Å². The Balaban J connectivity index is 1.46. The minimum Gasteiger partial charge on any atom is -0.326 e. The first kappa shape index (κ1) is 20.8. The van der Waals surface area contributed by atoms with E-state index in [1.807, 2.05) is 6.92 Å². The largest absolute Gasteiger partial charge is 0.326 e. The van der Waals surface area contributed by atoms with Gasteiger partial charge in [-0.1, -0.05) is 22.9 Å². The second kappa shape index (κ2) is 8.33. The molecule has 0 bridgehead atoms. The molecular weight excluding hydrogens is 426 g/mol. The molecule has 1 N–H and O–H groups in total. The summed E-state index contributed by atoms with van der Waals surface area (Å²) in [6.45, 7) is 3.26. The van der Waals surface area contributed by atoms with Crippen molar-refractivity contribution in [2.24, 2.45) is 0 Å². The third kappa shape index (κ3) is 4.05. The van der Waals surface area contributed by atoms with Gasteiger partial charge in [0.05, 0.1) is 17.0 Å². The van der Waals surface area contributed by atoms with Gasteiger partial charge in [-0.25, -0.2) is 13.1 Å². The van der Waals surface area contributed by atoms with Crippen LogP contribution in [-0.2, 0) is 21.4 Å². The minimum atomic E-state index is -3.51. The zero-order valence-corrected chi connectivity index (χ0v) is 18.1. The smallest absolute Gasteiger partial charge is 0.243 e. The van der Waals surface area contributed by atoms with Crippen LogP contribution in [0, 0.1) is 6.92 Å². The minimum absolute atomic E-state index is 0.169. The average molecular weight is 448 g/mol. The fourth-order valence-corrected chi connectivity index (χ4v) is 5.23. The van der Waals surface area contributed by atoms with Crippen molar-refractivity contribution in [1.29, 1.82) is 0 Å². The maximum absolute atomic E-state index is 12.7. The number of rotatable bonds is 6. The Hall–Kier alpha value is -2.49. The maximum atomic E-state index is 12.7. The molecule has 2 heterocycles. The molecule has 1 aromatic heterocycles. The Bertz CT molecular complexity index is 1200. The van der Waals surface area contributed by atoms with Gasteiger partial charge in [0.1, 0.15) is 5.52 Å². The average Bonchev–Trinajstić information content (AvgIpc) is 3.40. The van der Waals surface area contributed by atoms with Gasteiger partial charge in [0.15, 0.2) is 0 Å². The highest BCUT2D eigenvalue weighted by Crippen LogP contribution is 2.25. The van der Waals surface area contributed by atoms with Crippen molar-refractivity contribution < 1.29 is 13.2 Å². The number of benzene rings is 2. The summed E-state index contributed by atoms with van der Waals surface area (Å²) in [5.41, 5.74) is 2.65. The molecule has 158 valence electrons. The van der Waals surface area contributed by atoms with Crippen LogP contribution in [0.2, 0.25) is 5.02 Å². The number of sulfonamides is 1. The van der Waals surface area contributed by atoms with Crippen LogP contribution in [0.1, 0.15) is 24.8 Å². The predicted molar refractivity (Wildman–Crippen MR) is 115 cm³/mol. The molecule has 1 aliphatic heterocycles. The van der Waals surface area contributed by atoms with Gasteiger partial charge in [0.25, 0.3) is 0 Å². The van der Waals surface area contributed by atoms with Crippen molar-refractivity contribution in [2.75, 3.05) is 18.4 Å². The van der Waals surface area contributed by atoms with E-state index in [1.54, 1.807) is 41.1 Å². The second-order valence-electron chi connectivity index (χ2n) is 7.28. The molecule has 1 aliphatic rings. The normalized spacial score (nSPS) is 15.0. The van der Waals surface area contributed by atoms with E-state index >= 15 is 0 Å². The number of nitrogens with one attached hydrogen (secondary N) is 1. The highest BCUT2D eigenvalue weighted by atomic mass is 35.5. The summed E-state index contributed by atoms with van der Waals surface area (Å²) in [5.74, 6) is -0.169. The third-order valence-electron chi connectivity index (χ3n) is 5.28. The Morgan fingerprint density at radius 2 is 1.97 bits per heavy atom. The van der Waals surface area contributed by atoms with E-state index in [0.29, 0.717) is 41.4 Å². The van der Waals surface area contributed by atoms with Gasteiger partial charge in [-0.05, 0) is 55.7 Å². The number of halogens is 1. The predicted octanol–water partition coefficient (Wildman–Crippen LogP) is 3.21. The molecule has 4 rings (SSSR count). The lowest BCUT2D eigenvalue weighted by Crippen LogP contribution is -2.27. The lowest BCUT2D eigenvalue weighted by Gasteiger charge is -2.15. The summed E-state index contributed by atoms with van der Waals surface area (Å²) < 4.78 is 28.6. The molecule has 1 amide bonds. The van der Waals surface area contributed by atoms with Crippen molar-refractivity contribution in [1.82, 2.24) is 19.3 Å². The fraction of sp³-hybridized carbons (Fsp3) is 0.350. The van der Waals surface area contributed by atoms with E-state index in [9.17, 15) is 13.2 Å². The summed E-state index contributed by atoms with van der Waals surface area (Å²) in [5, 5.41) is 11.6. The number of amides is 1. The van der Waals surface area contributed by atoms with Crippen molar-refractivity contribution in [3.63, 3.8) is 0 Å². The standard InChI is InChI=1S/C20H22ClN5O3S/c1-14-16(21)5-4-6-17(14)22-20(27)9-12-26-19-8-7-15(13-18(19)23-24-26)30(28,29)25-10-2-3-11-25/h4-8,13H,2-3,9-12H2,1H3,(H,22,27). The van der Waals surface area contributed by atoms with Crippen LogP contribution >= 0.6 is 11.6 Å². The Morgan fingerprint density at radius 3 is 2.73 bits per heavy atom.